The van der Waals surface area contributed by atoms with E-state index in [1.54, 1.807) is 32.4 Å². The van der Waals surface area contributed by atoms with Crippen molar-refractivity contribution >= 4 is 23.2 Å². The molecule has 0 aliphatic carbocycles. The van der Waals surface area contributed by atoms with Crippen molar-refractivity contribution in [2.24, 2.45) is 5.41 Å². The molecule has 0 aliphatic heterocycles. The van der Waals surface area contributed by atoms with Crippen LogP contribution in [0, 0.1) is 19.3 Å². The summed E-state index contributed by atoms with van der Waals surface area (Å²) < 4.78 is 10.7. The van der Waals surface area contributed by atoms with Crippen molar-refractivity contribution in [3.8, 4) is 11.5 Å². The Kier molecular flexibility index (Phi) is 6.33. The first kappa shape index (κ1) is 21.3. The molecule has 2 amide bonds. The van der Waals surface area contributed by atoms with Gasteiger partial charge in [0.15, 0.2) is 0 Å². The number of anilines is 2. The topological polar surface area (TPSA) is 76.7 Å². The number of nitrogens with one attached hydrogen (secondary N) is 2. The van der Waals surface area contributed by atoms with Crippen LogP contribution in [0.5, 0.6) is 11.5 Å². The summed E-state index contributed by atoms with van der Waals surface area (Å²) in [7, 11) is 3.10. The second-order valence-electron chi connectivity index (χ2n) is 7.69. The molecule has 0 aromatic heterocycles. The number of carbonyl (C=O) groups is 2. The van der Waals surface area contributed by atoms with Gasteiger partial charge in [-0.3, -0.25) is 9.59 Å². The predicted octanol–water partition coefficient (Wildman–Crippen LogP) is 4.56. The van der Waals surface area contributed by atoms with Gasteiger partial charge in [0.2, 0.25) is 5.91 Å². The molecule has 0 atom stereocenters. The van der Waals surface area contributed by atoms with E-state index < -0.39 is 5.41 Å². The zero-order valence-corrected chi connectivity index (χ0v) is 17.5. The maximum absolute atomic E-state index is 12.8. The maximum atomic E-state index is 12.8. The van der Waals surface area contributed by atoms with E-state index in [-0.39, 0.29) is 11.8 Å². The van der Waals surface area contributed by atoms with Gasteiger partial charge in [-0.2, -0.15) is 0 Å². The van der Waals surface area contributed by atoms with E-state index in [4.69, 9.17) is 9.47 Å². The Morgan fingerprint density at radius 1 is 0.893 bits per heavy atom. The summed E-state index contributed by atoms with van der Waals surface area (Å²) in [5.74, 6) is 0.764. The van der Waals surface area contributed by atoms with E-state index in [1.165, 1.54) is 0 Å². The van der Waals surface area contributed by atoms with Gasteiger partial charge in [-0.05, 0) is 43.7 Å². The molecule has 0 bridgehead atoms. The number of amides is 2. The maximum Gasteiger partial charge on any atom is 0.255 e. The van der Waals surface area contributed by atoms with Crippen LogP contribution < -0.4 is 20.1 Å². The lowest BCUT2D eigenvalue weighted by Crippen LogP contribution is -2.27. The third-order valence-corrected chi connectivity index (χ3v) is 4.44. The van der Waals surface area contributed by atoms with E-state index >= 15 is 0 Å². The van der Waals surface area contributed by atoms with Crippen LogP contribution in [0.1, 0.15) is 42.3 Å². The summed E-state index contributed by atoms with van der Waals surface area (Å²) in [6, 6.07) is 8.76. The van der Waals surface area contributed by atoms with Crippen LogP contribution in [-0.2, 0) is 4.79 Å². The lowest BCUT2D eigenvalue weighted by Gasteiger charge is -2.19. The van der Waals surface area contributed by atoms with Crippen LogP contribution in [0.15, 0.2) is 30.3 Å². The smallest absolute Gasteiger partial charge is 0.255 e. The second-order valence-corrected chi connectivity index (χ2v) is 7.69. The Balaban J connectivity index is 2.29. The van der Waals surface area contributed by atoms with Crippen LogP contribution >= 0.6 is 0 Å². The van der Waals surface area contributed by atoms with E-state index in [1.807, 2.05) is 46.8 Å². The number of carbonyl (C=O) groups excluding carboxylic acids is 2. The molecule has 0 saturated carbocycles. The van der Waals surface area contributed by atoms with Crippen LogP contribution in [0.3, 0.4) is 0 Å². The average Bonchev–Trinajstić information content (AvgIpc) is 2.63. The van der Waals surface area contributed by atoms with Crippen molar-refractivity contribution in [3.63, 3.8) is 0 Å². The third kappa shape index (κ3) is 4.82. The Hall–Kier alpha value is -3.02. The van der Waals surface area contributed by atoms with Crippen molar-refractivity contribution in [2.75, 3.05) is 24.9 Å². The minimum absolute atomic E-state index is 0.0957. The fourth-order valence-electron chi connectivity index (χ4n) is 2.56. The third-order valence-electron chi connectivity index (χ3n) is 4.44. The molecule has 2 aromatic carbocycles. The minimum Gasteiger partial charge on any atom is -0.496 e. The average molecular weight is 384 g/mol. The van der Waals surface area contributed by atoms with Crippen LogP contribution in [0.25, 0.3) is 0 Å². The Morgan fingerprint density at radius 3 is 1.96 bits per heavy atom. The number of methoxy groups -OCH3 is 2. The van der Waals surface area contributed by atoms with Crippen molar-refractivity contribution in [1.82, 2.24) is 0 Å². The molecule has 2 aromatic rings. The fraction of sp³-hybridized carbons (Fsp3) is 0.364. The summed E-state index contributed by atoms with van der Waals surface area (Å²) in [4.78, 5) is 25.0. The van der Waals surface area contributed by atoms with Crippen molar-refractivity contribution in [2.45, 2.75) is 34.6 Å². The molecule has 2 N–H and O–H groups in total. The molecular weight excluding hydrogens is 356 g/mol. The largest absolute Gasteiger partial charge is 0.496 e. The van der Waals surface area contributed by atoms with Gasteiger partial charge in [0.1, 0.15) is 11.5 Å². The van der Waals surface area contributed by atoms with Gasteiger partial charge in [-0.1, -0.05) is 26.8 Å². The molecule has 6 nitrogen and oxygen atoms in total. The monoisotopic (exact) mass is 384 g/mol. The Bertz CT molecular complexity index is 873. The molecular formula is C22H28N2O4. The zero-order chi connectivity index (χ0) is 21.1. The molecule has 150 valence electrons. The van der Waals surface area contributed by atoms with Gasteiger partial charge < -0.3 is 20.1 Å². The standard InChI is InChI=1S/C22H28N2O4/c1-13-8-9-16(23-21(26)22(3,4)5)12-17(13)24-20(25)15-10-18(27-6)14(2)19(11-15)28-7/h8-12H,1-7H3,(H,23,26)(H,24,25). The highest BCUT2D eigenvalue weighted by molar-refractivity contribution is 6.06. The molecule has 0 radical (unpaired) electrons. The highest BCUT2D eigenvalue weighted by Crippen LogP contribution is 2.30. The number of benzene rings is 2. The van der Waals surface area contributed by atoms with Crippen LogP contribution in [-0.4, -0.2) is 26.0 Å². The quantitative estimate of drug-likeness (QED) is 0.792. The van der Waals surface area contributed by atoms with Crippen LogP contribution in [0.4, 0.5) is 11.4 Å². The molecule has 28 heavy (non-hydrogen) atoms. The van der Waals surface area contributed by atoms with E-state index in [2.05, 4.69) is 10.6 Å². The van der Waals surface area contributed by atoms with Gasteiger partial charge in [-0.25, -0.2) is 0 Å². The van der Waals surface area contributed by atoms with Crippen molar-refractivity contribution in [1.29, 1.82) is 0 Å². The highest BCUT2D eigenvalue weighted by atomic mass is 16.5. The summed E-state index contributed by atoms with van der Waals surface area (Å²) >= 11 is 0. The van der Waals surface area contributed by atoms with Gasteiger partial charge in [-0.15, -0.1) is 0 Å². The summed E-state index contributed by atoms with van der Waals surface area (Å²) in [5.41, 5.74) is 2.86. The predicted molar refractivity (Wildman–Crippen MR) is 111 cm³/mol. The highest BCUT2D eigenvalue weighted by Gasteiger charge is 2.21. The van der Waals surface area contributed by atoms with E-state index in [9.17, 15) is 9.59 Å². The minimum atomic E-state index is -0.511. The molecule has 0 saturated heterocycles. The number of rotatable bonds is 5. The van der Waals surface area contributed by atoms with Crippen molar-refractivity contribution < 1.29 is 19.1 Å². The Morgan fingerprint density at radius 2 is 1.46 bits per heavy atom. The zero-order valence-electron chi connectivity index (χ0n) is 17.5. The van der Waals surface area contributed by atoms with Crippen molar-refractivity contribution in [3.05, 3.63) is 47.0 Å². The summed E-state index contributed by atoms with van der Waals surface area (Å²) in [5, 5.41) is 5.78. The van der Waals surface area contributed by atoms with E-state index in [0.29, 0.717) is 28.4 Å². The molecule has 0 spiro atoms. The first-order chi connectivity index (χ1) is 13.1. The Labute approximate surface area is 166 Å². The number of aryl methyl sites for hydroxylation is 1. The van der Waals surface area contributed by atoms with Gasteiger partial charge in [0, 0.05) is 27.9 Å². The van der Waals surface area contributed by atoms with Gasteiger partial charge in [0.25, 0.3) is 5.91 Å². The number of hydrogen-bond acceptors (Lipinski definition) is 4. The lowest BCUT2D eigenvalue weighted by atomic mass is 9.95. The molecule has 0 aliphatic rings. The van der Waals surface area contributed by atoms with Gasteiger partial charge in [0.05, 0.1) is 14.2 Å². The second kappa shape index (κ2) is 8.33. The molecule has 2 rings (SSSR count). The SMILES string of the molecule is COc1cc(C(=O)Nc2cc(NC(=O)C(C)(C)C)ccc2C)cc(OC)c1C. The van der Waals surface area contributed by atoms with E-state index in [0.717, 1.165) is 11.1 Å². The molecule has 0 unspecified atom stereocenters. The fourth-order valence-corrected chi connectivity index (χ4v) is 2.56. The molecule has 0 heterocycles. The van der Waals surface area contributed by atoms with Crippen LogP contribution in [0.2, 0.25) is 0 Å². The number of ether oxygens (including phenoxy) is 2. The first-order valence-electron chi connectivity index (χ1n) is 9.03. The summed E-state index contributed by atoms with van der Waals surface area (Å²) in [6.45, 7) is 9.29. The first-order valence-corrected chi connectivity index (χ1v) is 9.03. The lowest BCUT2D eigenvalue weighted by molar-refractivity contribution is -0.123. The summed E-state index contributed by atoms with van der Waals surface area (Å²) in [6.07, 6.45) is 0. The van der Waals surface area contributed by atoms with Gasteiger partial charge >= 0.3 is 0 Å². The number of hydrogen-bond donors (Lipinski definition) is 2. The normalized spacial score (nSPS) is 11.0. The molecule has 6 heteroatoms. The molecule has 0 fully saturated rings.